The summed E-state index contributed by atoms with van der Waals surface area (Å²) in [7, 11) is 0. The Labute approximate surface area is 473 Å². The standard InChI is InChI=1S/C71H112O6/c1-4-7-10-13-16-19-22-25-28-29-30-31-32-33-34-35-36-37-38-39-40-41-42-43-44-47-49-52-55-58-61-64-70(73)76-67-68(77-71(74)65-62-59-56-53-50-46-27-24-21-18-15-12-9-6-3)66-75-69(72)63-60-57-54-51-48-45-26-23-20-17-14-11-8-5-2/h7,10,14-19,23-28,30-31,33-34,36-37,39-40,42-43,47,49,68H,4-6,8-9,11-13,20-22,29,32,35,38,41,44-46,48,50-67H2,1-3H3/b10-7-,17-14-,18-15-,19-16-,26-23-,27-24-,28-25-,31-30-,34-33-,37-36-,40-39-,43-42-,49-47-. The van der Waals surface area contributed by atoms with Crippen LogP contribution in [0.2, 0.25) is 0 Å². The Morgan fingerprint density at radius 1 is 0.273 bits per heavy atom. The van der Waals surface area contributed by atoms with Crippen LogP contribution in [0.15, 0.2) is 158 Å². The van der Waals surface area contributed by atoms with Gasteiger partial charge in [0.25, 0.3) is 0 Å². The fourth-order valence-corrected chi connectivity index (χ4v) is 7.82. The Balaban J connectivity index is 4.41. The van der Waals surface area contributed by atoms with Crippen molar-refractivity contribution in [3.8, 4) is 0 Å². The van der Waals surface area contributed by atoms with Crippen molar-refractivity contribution in [1.82, 2.24) is 0 Å². The third-order valence-corrected chi connectivity index (χ3v) is 12.5. The molecule has 0 saturated carbocycles. The van der Waals surface area contributed by atoms with Crippen molar-refractivity contribution in [3.05, 3.63) is 158 Å². The average molecular weight is 1060 g/mol. The second kappa shape index (κ2) is 63.6. The van der Waals surface area contributed by atoms with Gasteiger partial charge in [-0.15, -0.1) is 0 Å². The van der Waals surface area contributed by atoms with Crippen LogP contribution in [0.25, 0.3) is 0 Å². The number of hydrogen-bond donors (Lipinski definition) is 0. The van der Waals surface area contributed by atoms with E-state index in [0.717, 1.165) is 173 Å². The fourth-order valence-electron chi connectivity index (χ4n) is 7.82. The number of esters is 3. The lowest BCUT2D eigenvalue weighted by atomic mass is 10.1. The molecule has 0 saturated heterocycles. The molecule has 0 spiro atoms. The first-order chi connectivity index (χ1) is 38.0. The Kier molecular flexibility index (Phi) is 59.5. The number of hydrogen-bond acceptors (Lipinski definition) is 6. The lowest BCUT2D eigenvalue weighted by molar-refractivity contribution is -0.167. The van der Waals surface area contributed by atoms with Gasteiger partial charge in [0.15, 0.2) is 6.10 Å². The van der Waals surface area contributed by atoms with Crippen molar-refractivity contribution in [3.63, 3.8) is 0 Å². The summed E-state index contributed by atoms with van der Waals surface area (Å²) in [6.45, 7) is 6.38. The first-order valence-electron chi connectivity index (χ1n) is 31.0. The molecule has 0 aromatic heterocycles. The zero-order chi connectivity index (χ0) is 55.7. The van der Waals surface area contributed by atoms with Crippen molar-refractivity contribution in [2.75, 3.05) is 13.2 Å². The molecule has 1 atom stereocenters. The van der Waals surface area contributed by atoms with Crippen LogP contribution < -0.4 is 0 Å². The van der Waals surface area contributed by atoms with E-state index in [9.17, 15) is 14.4 Å². The molecule has 0 aliphatic heterocycles. The monoisotopic (exact) mass is 1060 g/mol. The number of allylic oxidation sites excluding steroid dienone is 26. The molecule has 1 unspecified atom stereocenters. The molecular formula is C71H112O6. The number of ether oxygens (including phenoxy) is 3. The number of unbranched alkanes of at least 4 members (excludes halogenated alkanes) is 17. The highest BCUT2D eigenvalue weighted by molar-refractivity contribution is 5.71. The summed E-state index contributed by atoms with van der Waals surface area (Å²) in [5.74, 6) is -0.975. The van der Waals surface area contributed by atoms with Gasteiger partial charge in [-0.05, 0) is 141 Å². The minimum absolute atomic E-state index is 0.108. The lowest BCUT2D eigenvalue weighted by Gasteiger charge is -2.18. The van der Waals surface area contributed by atoms with Gasteiger partial charge in [0.2, 0.25) is 0 Å². The largest absolute Gasteiger partial charge is 0.462 e. The topological polar surface area (TPSA) is 78.9 Å². The maximum Gasteiger partial charge on any atom is 0.306 e. The molecule has 432 valence electrons. The Hall–Kier alpha value is -4.97. The summed E-state index contributed by atoms with van der Waals surface area (Å²) < 4.78 is 16.8. The second-order valence-electron chi connectivity index (χ2n) is 19.9. The molecular weight excluding hydrogens is 949 g/mol. The predicted molar refractivity (Wildman–Crippen MR) is 334 cm³/mol. The van der Waals surface area contributed by atoms with E-state index in [1.807, 2.05) is 0 Å². The lowest BCUT2D eigenvalue weighted by Crippen LogP contribution is -2.30. The highest BCUT2D eigenvalue weighted by atomic mass is 16.6. The summed E-state index contributed by atoms with van der Waals surface area (Å²) in [5, 5.41) is 0. The van der Waals surface area contributed by atoms with Gasteiger partial charge in [0.1, 0.15) is 13.2 Å². The van der Waals surface area contributed by atoms with Gasteiger partial charge >= 0.3 is 17.9 Å². The van der Waals surface area contributed by atoms with Crippen LogP contribution in [0.3, 0.4) is 0 Å². The van der Waals surface area contributed by atoms with E-state index < -0.39 is 6.10 Å². The van der Waals surface area contributed by atoms with Crippen LogP contribution in [-0.4, -0.2) is 37.2 Å². The van der Waals surface area contributed by atoms with E-state index >= 15 is 0 Å². The van der Waals surface area contributed by atoms with Gasteiger partial charge in [-0.3, -0.25) is 14.4 Å². The SMILES string of the molecule is CC/C=C\C/C=C\C/C=C\C/C=C\C/C=C\C/C=C\C/C=C\C/C=C\C/C=C\CCCCCC(=O)OCC(COC(=O)CCCCCCC/C=C\C/C=C\CCCC)OC(=O)CCCCCCC/C=C\C/C=C\CCCC. The van der Waals surface area contributed by atoms with Gasteiger partial charge in [0, 0.05) is 19.3 Å². The molecule has 6 nitrogen and oxygen atoms in total. The third kappa shape index (κ3) is 61.8. The van der Waals surface area contributed by atoms with Crippen molar-refractivity contribution >= 4 is 17.9 Å². The molecule has 6 heteroatoms. The van der Waals surface area contributed by atoms with Gasteiger partial charge in [-0.25, -0.2) is 0 Å². The minimum Gasteiger partial charge on any atom is -0.462 e. The zero-order valence-corrected chi connectivity index (χ0v) is 49.4. The van der Waals surface area contributed by atoms with Crippen molar-refractivity contribution in [1.29, 1.82) is 0 Å². The van der Waals surface area contributed by atoms with Gasteiger partial charge in [0.05, 0.1) is 0 Å². The van der Waals surface area contributed by atoms with E-state index in [1.165, 1.54) is 38.5 Å². The highest BCUT2D eigenvalue weighted by Gasteiger charge is 2.19. The third-order valence-electron chi connectivity index (χ3n) is 12.5. The summed E-state index contributed by atoms with van der Waals surface area (Å²) in [6, 6.07) is 0. The van der Waals surface area contributed by atoms with Crippen molar-refractivity contribution in [2.45, 2.75) is 258 Å². The summed E-state index contributed by atoms with van der Waals surface area (Å²) >= 11 is 0. The molecule has 0 aromatic carbocycles. The van der Waals surface area contributed by atoms with Crippen LogP contribution in [0.4, 0.5) is 0 Å². The van der Waals surface area contributed by atoms with E-state index in [1.54, 1.807) is 0 Å². The second-order valence-corrected chi connectivity index (χ2v) is 19.9. The zero-order valence-electron chi connectivity index (χ0n) is 49.4. The Morgan fingerprint density at radius 3 is 0.805 bits per heavy atom. The Bertz CT molecular complexity index is 1740. The predicted octanol–water partition coefficient (Wildman–Crippen LogP) is 21.3. The Morgan fingerprint density at radius 2 is 0.506 bits per heavy atom. The smallest absolute Gasteiger partial charge is 0.306 e. The van der Waals surface area contributed by atoms with Crippen LogP contribution in [-0.2, 0) is 28.6 Å². The van der Waals surface area contributed by atoms with Crippen LogP contribution in [0, 0.1) is 0 Å². The first kappa shape index (κ1) is 72.0. The summed E-state index contributed by atoms with van der Waals surface area (Å²) in [4.78, 5) is 38.2. The van der Waals surface area contributed by atoms with Gasteiger partial charge in [-0.2, -0.15) is 0 Å². The summed E-state index contributed by atoms with van der Waals surface area (Å²) in [5.41, 5.74) is 0. The summed E-state index contributed by atoms with van der Waals surface area (Å²) in [6.07, 6.45) is 92.4. The quantitative estimate of drug-likeness (QED) is 0.0261. The van der Waals surface area contributed by atoms with Crippen molar-refractivity contribution in [2.24, 2.45) is 0 Å². The van der Waals surface area contributed by atoms with Gasteiger partial charge in [-0.1, -0.05) is 249 Å². The molecule has 77 heavy (non-hydrogen) atoms. The molecule has 0 fully saturated rings. The molecule has 0 aromatic rings. The molecule has 0 aliphatic carbocycles. The molecule has 0 bridgehead atoms. The minimum atomic E-state index is -0.813. The van der Waals surface area contributed by atoms with E-state index in [4.69, 9.17) is 14.2 Å². The normalized spacial score (nSPS) is 13.2. The molecule has 0 N–H and O–H groups in total. The molecule has 0 rings (SSSR count). The molecule has 0 aliphatic rings. The number of carbonyl (C=O) groups is 3. The van der Waals surface area contributed by atoms with Crippen LogP contribution >= 0.6 is 0 Å². The van der Waals surface area contributed by atoms with Crippen molar-refractivity contribution < 1.29 is 28.6 Å². The molecule has 0 radical (unpaired) electrons. The maximum absolute atomic E-state index is 12.9. The molecule has 0 amide bonds. The maximum atomic E-state index is 12.9. The highest BCUT2D eigenvalue weighted by Crippen LogP contribution is 2.13. The van der Waals surface area contributed by atoms with Gasteiger partial charge < -0.3 is 14.2 Å². The molecule has 0 heterocycles. The first-order valence-corrected chi connectivity index (χ1v) is 31.0. The average Bonchev–Trinajstić information content (AvgIpc) is 3.43. The van der Waals surface area contributed by atoms with E-state index in [0.29, 0.717) is 19.3 Å². The van der Waals surface area contributed by atoms with Crippen LogP contribution in [0.5, 0.6) is 0 Å². The van der Waals surface area contributed by atoms with Crippen LogP contribution in [0.1, 0.15) is 252 Å². The number of carbonyl (C=O) groups excluding carboxylic acids is 3. The van der Waals surface area contributed by atoms with E-state index in [-0.39, 0.29) is 31.1 Å². The van der Waals surface area contributed by atoms with E-state index in [2.05, 4.69) is 179 Å². The number of rotatable bonds is 54. The fraction of sp³-hybridized carbons (Fsp3) is 0.592.